The van der Waals surface area contributed by atoms with Crippen LogP contribution in [0.1, 0.15) is 25.7 Å². The van der Waals surface area contributed by atoms with Gasteiger partial charge in [0.25, 0.3) is 0 Å². The van der Waals surface area contributed by atoms with E-state index in [0.29, 0.717) is 12.2 Å². The second kappa shape index (κ2) is 6.69. The van der Waals surface area contributed by atoms with Crippen molar-refractivity contribution in [3.8, 4) is 0 Å². The summed E-state index contributed by atoms with van der Waals surface area (Å²) >= 11 is 0. The molecule has 0 bridgehead atoms. The van der Waals surface area contributed by atoms with Gasteiger partial charge >= 0.3 is 0 Å². The van der Waals surface area contributed by atoms with Gasteiger partial charge in [-0.25, -0.2) is 0 Å². The van der Waals surface area contributed by atoms with Crippen LogP contribution >= 0.6 is 0 Å². The Kier molecular flexibility index (Phi) is 5.22. The van der Waals surface area contributed by atoms with Crippen LogP contribution in [0.25, 0.3) is 0 Å². The smallest absolute Gasteiger partial charge is 0.0813 e. The molecule has 1 aliphatic heterocycles. The highest BCUT2D eigenvalue weighted by Gasteiger charge is 2.27. The highest BCUT2D eigenvalue weighted by molar-refractivity contribution is 4.84. The third kappa shape index (κ3) is 5.34. The second-order valence-electron chi connectivity index (χ2n) is 5.52. The summed E-state index contributed by atoms with van der Waals surface area (Å²) in [5.41, 5.74) is 0. The average molecular weight is 242 g/mol. The van der Waals surface area contributed by atoms with E-state index in [1.54, 1.807) is 0 Å². The van der Waals surface area contributed by atoms with Gasteiger partial charge in [-0.2, -0.15) is 0 Å². The first-order valence-corrected chi connectivity index (χ1v) is 6.85. The van der Waals surface area contributed by atoms with E-state index in [1.807, 2.05) is 0 Å². The predicted molar refractivity (Wildman–Crippen MR) is 68.3 cm³/mol. The summed E-state index contributed by atoms with van der Waals surface area (Å²) in [5.74, 6) is 0. The molecule has 1 heterocycles. The molecule has 1 saturated heterocycles. The minimum atomic E-state index is 0.322. The highest BCUT2D eigenvalue weighted by atomic mass is 16.5. The molecule has 4 heteroatoms. The van der Waals surface area contributed by atoms with Crippen molar-refractivity contribution >= 4 is 0 Å². The summed E-state index contributed by atoms with van der Waals surface area (Å²) in [6.07, 6.45) is 5.77. The number of hydrogen-bond donors (Lipinski definition) is 1. The van der Waals surface area contributed by atoms with Gasteiger partial charge in [0.15, 0.2) is 0 Å². The van der Waals surface area contributed by atoms with Crippen LogP contribution in [0.2, 0.25) is 0 Å². The Balaban J connectivity index is 1.48. The van der Waals surface area contributed by atoms with Gasteiger partial charge in [0, 0.05) is 19.1 Å². The topological polar surface area (TPSA) is 33.7 Å². The number of rotatable bonds is 8. The number of ether oxygens (including phenoxy) is 2. The lowest BCUT2D eigenvalue weighted by Crippen LogP contribution is -2.29. The fourth-order valence-corrected chi connectivity index (χ4v) is 2.10. The molecule has 2 aliphatic rings. The fourth-order valence-electron chi connectivity index (χ4n) is 2.10. The van der Waals surface area contributed by atoms with E-state index >= 15 is 0 Å². The van der Waals surface area contributed by atoms with Gasteiger partial charge < -0.3 is 19.7 Å². The molecule has 0 aromatic carbocycles. The van der Waals surface area contributed by atoms with Crippen LogP contribution in [0.15, 0.2) is 0 Å². The van der Waals surface area contributed by atoms with Crippen molar-refractivity contribution in [3.63, 3.8) is 0 Å². The first kappa shape index (κ1) is 13.3. The largest absolute Gasteiger partial charge is 0.377 e. The number of nitrogens with one attached hydrogen (secondary N) is 1. The van der Waals surface area contributed by atoms with Crippen LogP contribution in [0.5, 0.6) is 0 Å². The van der Waals surface area contributed by atoms with Gasteiger partial charge in [-0.3, -0.25) is 0 Å². The van der Waals surface area contributed by atoms with E-state index < -0.39 is 0 Å². The van der Waals surface area contributed by atoms with Gasteiger partial charge in [-0.1, -0.05) is 0 Å². The van der Waals surface area contributed by atoms with E-state index in [4.69, 9.17) is 9.47 Å². The number of likely N-dealkylation sites (N-methyl/N-ethyl adjacent to an activating group) is 1. The van der Waals surface area contributed by atoms with Crippen LogP contribution in [0.4, 0.5) is 0 Å². The molecule has 100 valence electrons. The summed E-state index contributed by atoms with van der Waals surface area (Å²) in [4.78, 5) is 2.14. The number of hydrogen-bond acceptors (Lipinski definition) is 4. The average Bonchev–Trinajstić information content (AvgIpc) is 3.01. The normalized spacial score (nSPS) is 29.1. The van der Waals surface area contributed by atoms with E-state index in [2.05, 4.69) is 24.3 Å². The van der Waals surface area contributed by atoms with E-state index in [0.717, 1.165) is 38.8 Å². The first-order valence-electron chi connectivity index (χ1n) is 6.85. The van der Waals surface area contributed by atoms with Crippen LogP contribution in [-0.2, 0) is 9.47 Å². The maximum atomic E-state index is 5.95. The molecule has 0 amide bonds. The molecule has 2 unspecified atom stereocenters. The monoisotopic (exact) mass is 242 g/mol. The summed E-state index contributed by atoms with van der Waals surface area (Å²) in [6, 6.07) is 0.786. The van der Waals surface area contributed by atoms with Crippen molar-refractivity contribution in [1.29, 1.82) is 0 Å². The predicted octanol–water partition coefficient (Wildman–Crippen LogP) is 0.864. The van der Waals surface area contributed by atoms with Gasteiger partial charge in [-0.15, -0.1) is 0 Å². The summed E-state index contributed by atoms with van der Waals surface area (Å²) in [7, 11) is 4.13. The van der Waals surface area contributed by atoms with Crippen molar-refractivity contribution < 1.29 is 9.47 Å². The van der Waals surface area contributed by atoms with Crippen molar-refractivity contribution in [2.45, 2.75) is 43.9 Å². The quantitative estimate of drug-likeness (QED) is 0.640. The molecule has 1 N–H and O–H groups in total. The molecule has 1 aliphatic carbocycles. The van der Waals surface area contributed by atoms with Gasteiger partial charge in [0.05, 0.1) is 25.4 Å². The van der Waals surface area contributed by atoms with Crippen molar-refractivity contribution in [2.75, 3.05) is 40.4 Å². The Bertz CT molecular complexity index is 219. The molecule has 17 heavy (non-hydrogen) atoms. The molecule has 2 rings (SSSR count). The van der Waals surface area contributed by atoms with Crippen LogP contribution < -0.4 is 5.32 Å². The lowest BCUT2D eigenvalue weighted by atomic mass is 10.2. The third-order valence-corrected chi connectivity index (χ3v) is 3.39. The lowest BCUT2D eigenvalue weighted by molar-refractivity contribution is -0.0165. The zero-order valence-electron chi connectivity index (χ0n) is 11.2. The molecule has 4 nitrogen and oxygen atoms in total. The third-order valence-electron chi connectivity index (χ3n) is 3.39. The fraction of sp³-hybridized carbons (Fsp3) is 1.00. The molecular weight excluding hydrogens is 216 g/mol. The zero-order chi connectivity index (χ0) is 12.1. The Morgan fingerprint density at radius 2 is 1.94 bits per heavy atom. The summed E-state index contributed by atoms with van der Waals surface area (Å²) in [5, 5.41) is 3.53. The second-order valence-corrected chi connectivity index (χ2v) is 5.52. The van der Waals surface area contributed by atoms with E-state index in [9.17, 15) is 0 Å². The van der Waals surface area contributed by atoms with Crippen molar-refractivity contribution in [2.24, 2.45) is 0 Å². The molecule has 2 fully saturated rings. The molecule has 1 saturated carbocycles. The maximum absolute atomic E-state index is 5.95. The molecule has 0 aromatic heterocycles. The molecule has 0 aromatic rings. The zero-order valence-corrected chi connectivity index (χ0v) is 11.2. The minimum absolute atomic E-state index is 0.322. The van der Waals surface area contributed by atoms with Crippen LogP contribution in [-0.4, -0.2) is 63.5 Å². The first-order chi connectivity index (χ1) is 8.24. The van der Waals surface area contributed by atoms with Crippen LogP contribution in [0.3, 0.4) is 0 Å². The maximum Gasteiger partial charge on any atom is 0.0813 e. The van der Waals surface area contributed by atoms with E-state index in [-0.39, 0.29) is 0 Å². The molecule has 0 spiro atoms. The molecular formula is C13H26N2O2. The molecule has 2 atom stereocenters. The van der Waals surface area contributed by atoms with Gasteiger partial charge in [0.1, 0.15) is 0 Å². The van der Waals surface area contributed by atoms with E-state index in [1.165, 1.54) is 19.3 Å². The Morgan fingerprint density at radius 1 is 1.18 bits per heavy atom. The number of nitrogens with zero attached hydrogens (tertiary/aromatic N) is 1. The van der Waals surface area contributed by atoms with Crippen molar-refractivity contribution in [1.82, 2.24) is 10.2 Å². The summed E-state index contributed by atoms with van der Waals surface area (Å²) < 4.78 is 11.6. The lowest BCUT2D eigenvalue weighted by Gasteiger charge is -2.15. The Morgan fingerprint density at radius 3 is 2.65 bits per heavy atom. The Labute approximate surface area is 105 Å². The SMILES string of the molecule is CN(C)CCOCC1CCC(CNC2CC2)O1. The summed E-state index contributed by atoms with van der Waals surface area (Å²) in [6.45, 7) is 3.57. The van der Waals surface area contributed by atoms with Crippen LogP contribution in [0, 0.1) is 0 Å². The molecule has 0 radical (unpaired) electrons. The van der Waals surface area contributed by atoms with Gasteiger partial charge in [0.2, 0.25) is 0 Å². The minimum Gasteiger partial charge on any atom is -0.377 e. The van der Waals surface area contributed by atoms with Crippen molar-refractivity contribution in [3.05, 3.63) is 0 Å². The Hall–Kier alpha value is -0.160. The van der Waals surface area contributed by atoms with Gasteiger partial charge in [-0.05, 0) is 39.8 Å². The standard InChI is InChI=1S/C13H26N2O2/c1-15(2)7-8-16-10-13-6-5-12(17-13)9-14-11-3-4-11/h11-14H,3-10H2,1-2H3. The highest BCUT2D eigenvalue weighted by Crippen LogP contribution is 2.22.